The van der Waals surface area contributed by atoms with Gasteiger partial charge in [-0.05, 0) is 91.5 Å². The van der Waals surface area contributed by atoms with Crippen LogP contribution >= 0.6 is 0 Å². The maximum Gasteiger partial charge on any atom is 0.251 e. The van der Waals surface area contributed by atoms with E-state index in [-0.39, 0.29) is 18.5 Å². The fourth-order valence-electron chi connectivity index (χ4n) is 5.12. The van der Waals surface area contributed by atoms with Crippen molar-refractivity contribution in [3.05, 3.63) is 99.6 Å². The second kappa shape index (κ2) is 10.9. The highest BCUT2D eigenvalue weighted by Gasteiger charge is 2.22. The van der Waals surface area contributed by atoms with Gasteiger partial charge in [0, 0.05) is 5.56 Å². The van der Waals surface area contributed by atoms with E-state index in [1.165, 1.54) is 34.5 Å². The molecule has 1 N–H and O–H groups in total. The summed E-state index contributed by atoms with van der Waals surface area (Å²) in [7, 11) is -3.49. The molecule has 1 aliphatic rings. The maximum atomic E-state index is 13.1. The lowest BCUT2D eigenvalue weighted by Crippen LogP contribution is -2.31. The quantitative estimate of drug-likeness (QED) is 0.407. The van der Waals surface area contributed by atoms with Crippen molar-refractivity contribution in [2.75, 3.05) is 10.6 Å². The standard InChI is InChI=1S/C30H36N2O3S/c1-5-28(27-18-17-24-11-6-7-12-26(24)19-27)31-30(33)25-15-13-23(14-16-25)20-32(36(4,34)35)29-21(2)9-8-10-22(29)3/h8-10,13-19,28H,5-7,11-12,20H2,1-4H3,(H,31,33). The summed E-state index contributed by atoms with van der Waals surface area (Å²) >= 11 is 0. The van der Waals surface area contributed by atoms with Crippen molar-refractivity contribution in [1.82, 2.24) is 5.32 Å². The number of amides is 1. The van der Waals surface area contributed by atoms with Crippen LogP contribution in [0.15, 0.2) is 60.7 Å². The summed E-state index contributed by atoms with van der Waals surface area (Å²) in [6, 6.07) is 19.6. The molecule has 1 atom stereocenters. The summed E-state index contributed by atoms with van der Waals surface area (Å²) in [5, 5.41) is 3.19. The fourth-order valence-corrected chi connectivity index (χ4v) is 6.12. The third-order valence-electron chi connectivity index (χ3n) is 7.12. The number of benzene rings is 3. The lowest BCUT2D eigenvalue weighted by Gasteiger charge is -2.26. The maximum absolute atomic E-state index is 13.1. The third kappa shape index (κ3) is 5.81. The van der Waals surface area contributed by atoms with Crippen LogP contribution in [0.5, 0.6) is 0 Å². The highest BCUT2D eigenvalue weighted by atomic mass is 32.2. The van der Waals surface area contributed by atoms with Gasteiger partial charge in [0.25, 0.3) is 5.91 Å². The number of carbonyl (C=O) groups is 1. The Balaban J connectivity index is 1.49. The molecule has 1 unspecified atom stereocenters. The molecular formula is C30H36N2O3S. The average molecular weight is 505 g/mol. The normalized spacial score (nSPS) is 14.1. The first-order valence-corrected chi connectivity index (χ1v) is 14.6. The van der Waals surface area contributed by atoms with E-state index in [2.05, 4.69) is 30.4 Å². The predicted molar refractivity (Wildman–Crippen MR) is 147 cm³/mol. The van der Waals surface area contributed by atoms with Gasteiger partial charge in [0.15, 0.2) is 0 Å². The SMILES string of the molecule is CCC(NC(=O)c1ccc(CN(c2c(C)cccc2C)S(C)(=O)=O)cc1)c1ccc2c(c1)CCCC2. The van der Waals surface area contributed by atoms with Gasteiger partial charge in [-0.25, -0.2) is 8.42 Å². The van der Waals surface area contributed by atoms with Crippen LogP contribution in [0.3, 0.4) is 0 Å². The Morgan fingerprint density at radius 1 is 0.944 bits per heavy atom. The Bertz CT molecular complexity index is 1330. The van der Waals surface area contributed by atoms with E-state index in [0.717, 1.165) is 41.5 Å². The number of fused-ring (bicyclic) bond motifs is 1. The van der Waals surface area contributed by atoms with Crippen LogP contribution in [0.2, 0.25) is 0 Å². The number of hydrogen-bond donors (Lipinski definition) is 1. The van der Waals surface area contributed by atoms with Crippen LogP contribution in [0.4, 0.5) is 5.69 Å². The van der Waals surface area contributed by atoms with Crippen LogP contribution in [0.1, 0.15) is 76.0 Å². The molecule has 5 nitrogen and oxygen atoms in total. The van der Waals surface area contributed by atoms with Crippen LogP contribution < -0.4 is 9.62 Å². The molecule has 36 heavy (non-hydrogen) atoms. The van der Waals surface area contributed by atoms with Gasteiger partial charge in [0.1, 0.15) is 0 Å². The molecule has 4 rings (SSSR count). The van der Waals surface area contributed by atoms with Crippen molar-refractivity contribution in [1.29, 1.82) is 0 Å². The van der Waals surface area contributed by atoms with E-state index in [1.807, 2.05) is 44.2 Å². The highest BCUT2D eigenvalue weighted by Crippen LogP contribution is 2.29. The summed E-state index contributed by atoms with van der Waals surface area (Å²) in [6.45, 7) is 6.13. The van der Waals surface area contributed by atoms with E-state index in [4.69, 9.17) is 0 Å². The number of nitrogens with one attached hydrogen (secondary N) is 1. The minimum atomic E-state index is -3.49. The highest BCUT2D eigenvalue weighted by molar-refractivity contribution is 7.92. The Morgan fingerprint density at radius 3 is 2.19 bits per heavy atom. The Labute approximate surface area is 215 Å². The van der Waals surface area contributed by atoms with Crippen molar-refractivity contribution < 1.29 is 13.2 Å². The smallest absolute Gasteiger partial charge is 0.251 e. The van der Waals surface area contributed by atoms with E-state index < -0.39 is 10.0 Å². The monoisotopic (exact) mass is 504 g/mol. The lowest BCUT2D eigenvalue weighted by molar-refractivity contribution is 0.0935. The molecule has 0 heterocycles. The topological polar surface area (TPSA) is 66.5 Å². The zero-order valence-corrected chi connectivity index (χ0v) is 22.5. The number of carbonyl (C=O) groups excluding carboxylic acids is 1. The molecule has 1 amide bonds. The summed E-state index contributed by atoms with van der Waals surface area (Å²) in [4.78, 5) is 13.1. The number of aryl methyl sites for hydroxylation is 4. The molecule has 0 spiro atoms. The first-order chi connectivity index (χ1) is 17.2. The summed E-state index contributed by atoms with van der Waals surface area (Å²) in [5.41, 5.74) is 7.90. The fraction of sp³-hybridized carbons (Fsp3) is 0.367. The second-order valence-corrected chi connectivity index (χ2v) is 11.8. The Hall–Kier alpha value is -3.12. The zero-order chi connectivity index (χ0) is 25.9. The van der Waals surface area contributed by atoms with Gasteiger partial charge >= 0.3 is 0 Å². The van der Waals surface area contributed by atoms with Gasteiger partial charge < -0.3 is 5.32 Å². The minimum Gasteiger partial charge on any atom is -0.345 e. The van der Waals surface area contributed by atoms with E-state index >= 15 is 0 Å². The number of sulfonamides is 1. The number of anilines is 1. The molecule has 1 aliphatic carbocycles. The molecule has 0 bridgehead atoms. The molecule has 0 radical (unpaired) electrons. The molecule has 0 aliphatic heterocycles. The molecule has 0 saturated heterocycles. The van der Waals surface area contributed by atoms with E-state index in [0.29, 0.717) is 11.3 Å². The third-order valence-corrected chi connectivity index (χ3v) is 8.23. The Morgan fingerprint density at radius 2 is 1.58 bits per heavy atom. The predicted octanol–water partition coefficient (Wildman–Crippen LogP) is 6.03. The van der Waals surface area contributed by atoms with Gasteiger partial charge in [-0.2, -0.15) is 0 Å². The van der Waals surface area contributed by atoms with Gasteiger partial charge in [-0.3, -0.25) is 9.10 Å². The molecule has 6 heteroatoms. The first kappa shape index (κ1) is 26.0. The molecule has 0 fully saturated rings. The number of rotatable bonds is 8. The second-order valence-electron chi connectivity index (χ2n) is 9.88. The molecule has 3 aromatic carbocycles. The van der Waals surface area contributed by atoms with Crippen molar-refractivity contribution in [2.24, 2.45) is 0 Å². The lowest BCUT2D eigenvalue weighted by atomic mass is 9.88. The summed E-state index contributed by atoms with van der Waals surface area (Å²) < 4.78 is 26.8. The van der Waals surface area contributed by atoms with Gasteiger partial charge in [0.2, 0.25) is 10.0 Å². The van der Waals surface area contributed by atoms with E-state index in [1.54, 1.807) is 12.1 Å². The van der Waals surface area contributed by atoms with Crippen LogP contribution in [0.25, 0.3) is 0 Å². The van der Waals surface area contributed by atoms with Gasteiger partial charge in [-0.1, -0.05) is 55.5 Å². The van der Waals surface area contributed by atoms with Crippen LogP contribution in [0, 0.1) is 13.8 Å². The minimum absolute atomic E-state index is 0.0471. The van der Waals surface area contributed by atoms with Gasteiger partial charge in [0.05, 0.1) is 24.5 Å². The molecule has 0 saturated carbocycles. The van der Waals surface area contributed by atoms with Crippen LogP contribution in [-0.4, -0.2) is 20.6 Å². The molecule has 3 aromatic rings. The largest absolute Gasteiger partial charge is 0.345 e. The van der Waals surface area contributed by atoms with Crippen molar-refractivity contribution in [3.63, 3.8) is 0 Å². The van der Waals surface area contributed by atoms with Gasteiger partial charge in [-0.15, -0.1) is 0 Å². The van der Waals surface area contributed by atoms with Crippen LogP contribution in [-0.2, 0) is 29.4 Å². The average Bonchev–Trinajstić information content (AvgIpc) is 2.86. The van der Waals surface area contributed by atoms with E-state index in [9.17, 15) is 13.2 Å². The number of para-hydroxylation sites is 1. The van der Waals surface area contributed by atoms with Crippen molar-refractivity contribution in [2.45, 2.75) is 65.5 Å². The molecule has 0 aromatic heterocycles. The summed E-state index contributed by atoms with van der Waals surface area (Å²) in [5.74, 6) is -0.124. The zero-order valence-electron chi connectivity index (χ0n) is 21.7. The molecular weight excluding hydrogens is 468 g/mol. The number of hydrogen-bond acceptors (Lipinski definition) is 3. The van der Waals surface area contributed by atoms with Crippen molar-refractivity contribution in [3.8, 4) is 0 Å². The number of nitrogens with zero attached hydrogens (tertiary/aromatic N) is 1. The molecule has 190 valence electrons. The summed E-state index contributed by atoms with van der Waals surface area (Å²) in [6.07, 6.45) is 6.77. The first-order valence-electron chi connectivity index (χ1n) is 12.7. The Kier molecular flexibility index (Phi) is 7.84. The van der Waals surface area contributed by atoms with Crippen molar-refractivity contribution >= 4 is 21.6 Å².